The van der Waals surface area contributed by atoms with Gasteiger partial charge in [-0.1, -0.05) is 70.6 Å². The lowest BCUT2D eigenvalue weighted by molar-refractivity contribution is 0.0695. The molecule has 1 aromatic carbocycles. The van der Waals surface area contributed by atoms with Gasteiger partial charge in [-0.15, -0.1) is 0 Å². The Morgan fingerprint density at radius 2 is 1.70 bits per heavy atom. The molecule has 2 nitrogen and oxygen atoms in total. The lowest BCUT2D eigenvalue weighted by atomic mass is 9.86. The van der Waals surface area contributed by atoms with Gasteiger partial charge < -0.3 is 5.11 Å². The molecule has 1 N–H and O–H groups in total. The van der Waals surface area contributed by atoms with Crippen molar-refractivity contribution in [2.75, 3.05) is 0 Å². The highest BCUT2D eigenvalue weighted by Gasteiger charge is 2.17. The van der Waals surface area contributed by atoms with Crippen LogP contribution in [0, 0.1) is 0 Å². The van der Waals surface area contributed by atoms with Crippen molar-refractivity contribution in [1.29, 1.82) is 0 Å². The standard InChI is InChI=1S/C18H28O2/c1-3-5-6-7-8-12-15(11-4-2)16-13-9-10-14-17(16)18(19)20/h9-10,13-15H,3-8,11-12H2,1-2H3,(H,19,20). The maximum absolute atomic E-state index is 11.3. The van der Waals surface area contributed by atoms with Crippen LogP contribution in [-0.2, 0) is 0 Å². The first-order valence-electron chi connectivity index (χ1n) is 8.02. The number of aromatic carboxylic acids is 1. The van der Waals surface area contributed by atoms with Crippen molar-refractivity contribution in [1.82, 2.24) is 0 Å². The summed E-state index contributed by atoms with van der Waals surface area (Å²) in [4.78, 5) is 11.3. The van der Waals surface area contributed by atoms with E-state index in [2.05, 4.69) is 13.8 Å². The molecule has 1 unspecified atom stereocenters. The monoisotopic (exact) mass is 276 g/mol. The van der Waals surface area contributed by atoms with Crippen LogP contribution in [0.4, 0.5) is 0 Å². The van der Waals surface area contributed by atoms with Crippen LogP contribution in [0.25, 0.3) is 0 Å². The molecule has 0 amide bonds. The highest BCUT2D eigenvalue weighted by atomic mass is 16.4. The average Bonchev–Trinajstić information content (AvgIpc) is 2.46. The Hall–Kier alpha value is -1.31. The lowest BCUT2D eigenvalue weighted by Crippen LogP contribution is -2.07. The topological polar surface area (TPSA) is 37.3 Å². The van der Waals surface area contributed by atoms with Crippen molar-refractivity contribution < 1.29 is 9.90 Å². The van der Waals surface area contributed by atoms with E-state index < -0.39 is 5.97 Å². The summed E-state index contributed by atoms with van der Waals surface area (Å²) in [5, 5.41) is 9.32. The van der Waals surface area contributed by atoms with E-state index in [0.29, 0.717) is 11.5 Å². The molecule has 1 atom stereocenters. The van der Waals surface area contributed by atoms with Crippen molar-refractivity contribution in [2.45, 2.75) is 71.1 Å². The van der Waals surface area contributed by atoms with Gasteiger partial charge in [-0.05, 0) is 30.4 Å². The van der Waals surface area contributed by atoms with Crippen molar-refractivity contribution in [2.24, 2.45) is 0 Å². The molecule has 0 heterocycles. The second-order valence-corrected chi connectivity index (χ2v) is 5.58. The van der Waals surface area contributed by atoms with Crippen molar-refractivity contribution in [3.05, 3.63) is 35.4 Å². The Labute approximate surface area is 123 Å². The Morgan fingerprint density at radius 1 is 1.00 bits per heavy atom. The van der Waals surface area contributed by atoms with E-state index in [-0.39, 0.29) is 0 Å². The first-order chi connectivity index (χ1) is 9.70. The van der Waals surface area contributed by atoms with Crippen LogP contribution in [0.1, 0.15) is 87.1 Å². The molecule has 0 aliphatic carbocycles. The molecule has 0 bridgehead atoms. The molecular weight excluding hydrogens is 248 g/mol. The van der Waals surface area contributed by atoms with Gasteiger partial charge in [-0.25, -0.2) is 4.79 Å². The van der Waals surface area contributed by atoms with Gasteiger partial charge >= 0.3 is 5.97 Å². The van der Waals surface area contributed by atoms with Gasteiger partial charge in [0.25, 0.3) is 0 Å². The fourth-order valence-corrected chi connectivity index (χ4v) is 2.85. The minimum Gasteiger partial charge on any atom is -0.478 e. The maximum Gasteiger partial charge on any atom is 0.335 e. The molecule has 1 rings (SSSR count). The van der Waals surface area contributed by atoms with E-state index in [1.54, 1.807) is 6.07 Å². The average molecular weight is 276 g/mol. The Morgan fingerprint density at radius 3 is 2.35 bits per heavy atom. The van der Waals surface area contributed by atoms with Gasteiger partial charge in [0.2, 0.25) is 0 Å². The van der Waals surface area contributed by atoms with Crippen LogP contribution in [0.2, 0.25) is 0 Å². The fourth-order valence-electron chi connectivity index (χ4n) is 2.85. The molecule has 0 saturated carbocycles. The minimum atomic E-state index is -0.798. The zero-order valence-electron chi connectivity index (χ0n) is 12.9. The highest BCUT2D eigenvalue weighted by Crippen LogP contribution is 2.30. The highest BCUT2D eigenvalue weighted by molar-refractivity contribution is 5.89. The number of carboxylic acid groups (broad SMARTS) is 1. The number of unbranched alkanes of at least 4 members (excludes halogenated alkanes) is 4. The summed E-state index contributed by atoms with van der Waals surface area (Å²) in [6, 6.07) is 7.51. The molecule has 0 fully saturated rings. The number of benzene rings is 1. The second kappa shape index (κ2) is 9.57. The largest absolute Gasteiger partial charge is 0.478 e. The van der Waals surface area contributed by atoms with Crippen LogP contribution < -0.4 is 0 Å². The van der Waals surface area contributed by atoms with E-state index in [4.69, 9.17) is 0 Å². The summed E-state index contributed by atoms with van der Waals surface area (Å²) in [5.41, 5.74) is 1.51. The lowest BCUT2D eigenvalue weighted by Gasteiger charge is -2.18. The van der Waals surface area contributed by atoms with Gasteiger partial charge in [0, 0.05) is 0 Å². The molecule has 2 heteroatoms. The third kappa shape index (κ3) is 5.36. The number of carboxylic acids is 1. The minimum absolute atomic E-state index is 0.397. The van der Waals surface area contributed by atoms with E-state index in [1.165, 1.54) is 32.1 Å². The normalized spacial score (nSPS) is 12.3. The van der Waals surface area contributed by atoms with Crippen LogP contribution in [0.5, 0.6) is 0 Å². The SMILES string of the molecule is CCCCCCCC(CCC)c1ccccc1C(=O)O. The van der Waals surface area contributed by atoms with Crippen molar-refractivity contribution in [3.63, 3.8) is 0 Å². The molecule has 0 radical (unpaired) electrons. The van der Waals surface area contributed by atoms with Gasteiger partial charge in [-0.2, -0.15) is 0 Å². The zero-order valence-corrected chi connectivity index (χ0v) is 12.9. The summed E-state index contributed by atoms with van der Waals surface area (Å²) >= 11 is 0. The first kappa shape index (κ1) is 16.7. The van der Waals surface area contributed by atoms with Gasteiger partial charge in [0.1, 0.15) is 0 Å². The van der Waals surface area contributed by atoms with Crippen molar-refractivity contribution in [3.8, 4) is 0 Å². The number of hydrogen-bond acceptors (Lipinski definition) is 1. The van der Waals surface area contributed by atoms with E-state index in [0.717, 1.165) is 24.8 Å². The summed E-state index contributed by atoms with van der Waals surface area (Å²) in [7, 11) is 0. The Kier molecular flexibility index (Phi) is 8.01. The Balaban J connectivity index is 2.67. The molecule has 0 saturated heterocycles. The molecule has 0 aromatic heterocycles. The molecule has 112 valence electrons. The Bertz CT molecular complexity index is 398. The second-order valence-electron chi connectivity index (χ2n) is 5.58. The van der Waals surface area contributed by atoms with Crippen LogP contribution >= 0.6 is 0 Å². The molecule has 20 heavy (non-hydrogen) atoms. The number of hydrogen-bond donors (Lipinski definition) is 1. The summed E-state index contributed by atoms with van der Waals surface area (Å²) in [6.45, 7) is 4.40. The van der Waals surface area contributed by atoms with Crippen LogP contribution in [0.3, 0.4) is 0 Å². The number of rotatable bonds is 10. The van der Waals surface area contributed by atoms with E-state index in [9.17, 15) is 9.90 Å². The van der Waals surface area contributed by atoms with Crippen molar-refractivity contribution >= 4 is 5.97 Å². The van der Waals surface area contributed by atoms with Crippen LogP contribution in [-0.4, -0.2) is 11.1 Å². The maximum atomic E-state index is 11.3. The van der Waals surface area contributed by atoms with Gasteiger partial charge in [0.15, 0.2) is 0 Å². The summed E-state index contributed by atoms with van der Waals surface area (Å²) < 4.78 is 0. The number of carbonyl (C=O) groups is 1. The smallest absolute Gasteiger partial charge is 0.335 e. The van der Waals surface area contributed by atoms with Crippen LogP contribution in [0.15, 0.2) is 24.3 Å². The quantitative estimate of drug-likeness (QED) is 0.562. The van der Waals surface area contributed by atoms with E-state index in [1.807, 2.05) is 18.2 Å². The van der Waals surface area contributed by atoms with E-state index >= 15 is 0 Å². The van der Waals surface area contributed by atoms with Gasteiger partial charge in [0.05, 0.1) is 5.56 Å². The first-order valence-corrected chi connectivity index (χ1v) is 8.02. The molecule has 0 spiro atoms. The molecule has 0 aliphatic rings. The third-order valence-corrected chi connectivity index (χ3v) is 3.92. The molecular formula is C18H28O2. The fraction of sp³-hybridized carbons (Fsp3) is 0.611. The predicted molar refractivity (Wildman–Crippen MR) is 84.4 cm³/mol. The third-order valence-electron chi connectivity index (χ3n) is 3.92. The molecule has 0 aliphatic heterocycles. The zero-order chi connectivity index (χ0) is 14.8. The molecule has 1 aromatic rings. The summed E-state index contributed by atoms with van der Waals surface area (Å²) in [5.74, 6) is -0.401. The van der Waals surface area contributed by atoms with Gasteiger partial charge in [-0.3, -0.25) is 0 Å². The summed E-state index contributed by atoms with van der Waals surface area (Å²) in [6.07, 6.45) is 9.65. The predicted octanol–water partition coefficient (Wildman–Crippen LogP) is 5.63.